The van der Waals surface area contributed by atoms with Crippen molar-refractivity contribution in [2.75, 3.05) is 0 Å². The summed E-state index contributed by atoms with van der Waals surface area (Å²) >= 11 is 13.2. The Morgan fingerprint density at radius 2 is 1.82 bits per heavy atom. The number of halogens is 2. The van der Waals surface area contributed by atoms with Gasteiger partial charge in [0.25, 0.3) is 0 Å². The molecule has 88 valence electrons. The molecule has 0 radical (unpaired) electrons. The highest BCUT2D eigenvalue weighted by Gasteiger charge is 2.21. The van der Waals surface area contributed by atoms with Crippen molar-refractivity contribution >= 4 is 34.5 Å². The highest BCUT2D eigenvalue weighted by Crippen LogP contribution is 2.39. The van der Waals surface area contributed by atoms with Crippen molar-refractivity contribution in [2.45, 2.75) is 25.2 Å². The average Bonchev–Trinajstić information content (AvgIpc) is 2.62. The zero-order valence-corrected chi connectivity index (χ0v) is 11.2. The summed E-state index contributed by atoms with van der Waals surface area (Å²) in [4.78, 5) is 12.9. The molecule has 0 bridgehead atoms. The second-order valence-corrected chi connectivity index (χ2v) is 5.66. The fraction of sp³-hybridized carbons (Fsp3) is 0.364. The zero-order valence-electron chi connectivity index (χ0n) is 8.86. The molecule has 2 heterocycles. The van der Waals surface area contributed by atoms with Gasteiger partial charge in [-0.25, -0.2) is 0 Å². The van der Waals surface area contributed by atoms with E-state index in [-0.39, 0.29) is 10.6 Å². The van der Waals surface area contributed by atoms with Gasteiger partial charge in [0.1, 0.15) is 0 Å². The molecule has 3 nitrogen and oxygen atoms in total. The van der Waals surface area contributed by atoms with Crippen molar-refractivity contribution in [3.63, 3.8) is 0 Å². The summed E-state index contributed by atoms with van der Waals surface area (Å²) in [6.07, 6.45) is 3.91. The Morgan fingerprint density at radius 1 is 1.12 bits per heavy atom. The topological polar surface area (TPSA) is 38.7 Å². The minimum absolute atomic E-state index is 0.138. The number of aromatic nitrogens is 3. The molecule has 2 aromatic heterocycles. The predicted molar refractivity (Wildman–Crippen MR) is 69.8 cm³/mol. The second kappa shape index (κ2) is 4.52. The van der Waals surface area contributed by atoms with Crippen LogP contribution >= 0.6 is 34.5 Å². The van der Waals surface area contributed by atoms with E-state index in [1.807, 2.05) is 0 Å². The Labute approximate surface area is 113 Å². The molecule has 2 aromatic rings. The summed E-state index contributed by atoms with van der Waals surface area (Å²) in [6, 6.07) is 2.14. The Bertz CT molecular complexity index is 531. The highest BCUT2D eigenvalue weighted by atomic mass is 35.5. The van der Waals surface area contributed by atoms with E-state index in [1.165, 1.54) is 24.8 Å². The first-order chi connectivity index (χ1) is 8.22. The average molecular weight is 286 g/mol. The summed E-state index contributed by atoms with van der Waals surface area (Å²) in [7, 11) is 0. The van der Waals surface area contributed by atoms with E-state index in [4.69, 9.17) is 23.2 Å². The van der Waals surface area contributed by atoms with Crippen molar-refractivity contribution in [1.29, 1.82) is 0 Å². The Kier molecular flexibility index (Phi) is 3.03. The van der Waals surface area contributed by atoms with Gasteiger partial charge in [-0.3, -0.25) is 0 Å². The third-order valence-corrected chi connectivity index (χ3v) is 4.28. The molecule has 0 N–H and O–H groups in total. The minimum atomic E-state index is 0.138. The summed E-state index contributed by atoms with van der Waals surface area (Å²) in [5.41, 5.74) is 1.38. The maximum absolute atomic E-state index is 5.77. The molecule has 6 heteroatoms. The monoisotopic (exact) mass is 285 g/mol. The lowest BCUT2D eigenvalue weighted by atomic mass is 9.81. The number of thiophene rings is 1. The molecule has 0 atom stereocenters. The minimum Gasteiger partial charge on any atom is -0.197 e. The summed E-state index contributed by atoms with van der Waals surface area (Å²) in [5.74, 6) is 1.28. The van der Waals surface area contributed by atoms with E-state index in [0.29, 0.717) is 11.7 Å². The van der Waals surface area contributed by atoms with Crippen LogP contribution in [-0.4, -0.2) is 15.0 Å². The third kappa shape index (κ3) is 2.30. The summed E-state index contributed by atoms with van der Waals surface area (Å²) in [6.45, 7) is 0. The quantitative estimate of drug-likeness (QED) is 0.831. The van der Waals surface area contributed by atoms with Crippen LogP contribution in [0.2, 0.25) is 10.6 Å². The standard InChI is InChI=1S/C11H9Cl2N3S/c12-10-14-9(15-11(13)16-10)8-4-7(5-17-8)6-2-1-3-6/h4-6H,1-3H2. The van der Waals surface area contributed by atoms with Crippen LogP contribution in [0.5, 0.6) is 0 Å². The third-order valence-electron chi connectivity index (χ3n) is 3.00. The molecule has 1 saturated carbocycles. The molecule has 0 amide bonds. The van der Waals surface area contributed by atoms with E-state index in [2.05, 4.69) is 26.4 Å². The van der Waals surface area contributed by atoms with Crippen LogP contribution in [0.4, 0.5) is 0 Å². The molecule has 0 aliphatic heterocycles. The molecule has 0 aromatic carbocycles. The Balaban J connectivity index is 1.94. The van der Waals surface area contributed by atoms with E-state index in [1.54, 1.807) is 11.3 Å². The number of hydrogen-bond acceptors (Lipinski definition) is 4. The molecule has 3 rings (SSSR count). The van der Waals surface area contributed by atoms with Crippen molar-refractivity contribution in [3.8, 4) is 10.7 Å². The van der Waals surface area contributed by atoms with Gasteiger partial charge in [-0.1, -0.05) is 6.42 Å². The lowest BCUT2D eigenvalue weighted by Gasteiger charge is -2.24. The van der Waals surface area contributed by atoms with Crippen LogP contribution in [0.1, 0.15) is 30.7 Å². The number of nitrogens with zero attached hydrogens (tertiary/aromatic N) is 3. The number of hydrogen-bond donors (Lipinski definition) is 0. The largest absolute Gasteiger partial charge is 0.227 e. The molecule has 0 saturated heterocycles. The van der Waals surface area contributed by atoms with Crippen LogP contribution in [0.25, 0.3) is 10.7 Å². The fourth-order valence-electron chi connectivity index (χ4n) is 1.86. The molecular weight excluding hydrogens is 277 g/mol. The Hall–Kier alpha value is -0.710. The molecule has 0 spiro atoms. The van der Waals surface area contributed by atoms with Crippen molar-refractivity contribution < 1.29 is 0 Å². The van der Waals surface area contributed by atoms with Gasteiger partial charge in [-0.2, -0.15) is 15.0 Å². The van der Waals surface area contributed by atoms with Crippen LogP contribution in [0, 0.1) is 0 Å². The van der Waals surface area contributed by atoms with Crippen LogP contribution < -0.4 is 0 Å². The van der Waals surface area contributed by atoms with Gasteiger partial charge in [-0.05, 0) is 59.0 Å². The van der Waals surface area contributed by atoms with Crippen LogP contribution in [-0.2, 0) is 0 Å². The van der Waals surface area contributed by atoms with E-state index >= 15 is 0 Å². The first kappa shape index (κ1) is 11.4. The van der Waals surface area contributed by atoms with Gasteiger partial charge < -0.3 is 0 Å². The molecule has 1 fully saturated rings. The zero-order chi connectivity index (χ0) is 11.8. The normalized spacial score (nSPS) is 15.9. The Morgan fingerprint density at radius 3 is 2.41 bits per heavy atom. The lowest BCUT2D eigenvalue weighted by Crippen LogP contribution is -2.07. The highest BCUT2D eigenvalue weighted by molar-refractivity contribution is 7.13. The van der Waals surface area contributed by atoms with Crippen LogP contribution in [0.3, 0.4) is 0 Å². The first-order valence-corrected chi connectivity index (χ1v) is 7.02. The van der Waals surface area contributed by atoms with Gasteiger partial charge >= 0.3 is 0 Å². The summed E-state index contributed by atoms with van der Waals surface area (Å²) in [5, 5.41) is 2.45. The van der Waals surface area contributed by atoms with Crippen molar-refractivity contribution in [2.24, 2.45) is 0 Å². The van der Waals surface area contributed by atoms with E-state index < -0.39 is 0 Å². The predicted octanol–water partition coefficient (Wildman–Crippen LogP) is 4.17. The SMILES string of the molecule is Clc1nc(Cl)nc(-c2cc(C3CCC3)cs2)n1. The van der Waals surface area contributed by atoms with Crippen molar-refractivity contribution in [1.82, 2.24) is 15.0 Å². The van der Waals surface area contributed by atoms with E-state index in [9.17, 15) is 0 Å². The number of rotatable bonds is 2. The maximum atomic E-state index is 5.77. The smallest absolute Gasteiger partial charge is 0.197 e. The van der Waals surface area contributed by atoms with Gasteiger partial charge in [0.2, 0.25) is 10.6 Å². The molecule has 1 aliphatic carbocycles. The van der Waals surface area contributed by atoms with Gasteiger partial charge in [-0.15, -0.1) is 11.3 Å². The van der Waals surface area contributed by atoms with Gasteiger partial charge in [0, 0.05) is 0 Å². The van der Waals surface area contributed by atoms with Gasteiger partial charge in [0.05, 0.1) is 4.88 Å². The maximum Gasteiger partial charge on any atom is 0.227 e. The lowest BCUT2D eigenvalue weighted by molar-refractivity contribution is 0.421. The van der Waals surface area contributed by atoms with Crippen LogP contribution in [0.15, 0.2) is 11.4 Å². The summed E-state index contributed by atoms with van der Waals surface area (Å²) < 4.78 is 0. The van der Waals surface area contributed by atoms with E-state index in [0.717, 1.165) is 4.88 Å². The van der Waals surface area contributed by atoms with Gasteiger partial charge in [0.15, 0.2) is 5.82 Å². The molecular formula is C11H9Cl2N3S. The molecule has 0 unspecified atom stereocenters. The molecule has 1 aliphatic rings. The molecule has 17 heavy (non-hydrogen) atoms. The second-order valence-electron chi connectivity index (χ2n) is 4.07. The first-order valence-electron chi connectivity index (χ1n) is 5.38. The fourth-order valence-corrected chi connectivity index (χ4v) is 3.15. The van der Waals surface area contributed by atoms with Crippen molar-refractivity contribution in [3.05, 3.63) is 27.6 Å².